The van der Waals surface area contributed by atoms with Crippen molar-refractivity contribution in [2.75, 3.05) is 13.7 Å². The van der Waals surface area contributed by atoms with Crippen molar-refractivity contribution < 1.29 is 17.9 Å². The summed E-state index contributed by atoms with van der Waals surface area (Å²) in [7, 11) is -0.403. The molecular formula is C22H25N3O4S2. The van der Waals surface area contributed by atoms with E-state index in [4.69, 9.17) is 4.74 Å². The van der Waals surface area contributed by atoms with Gasteiger partial charge in [-0.2, -0.15) is 9.30 Å². The molecule has 1 saturated heterocycles. The van der Waals surface area contributed by atoms with Gasteiger partial charge in [-0.3, -0.25) is 4.79 Å². The Labute approximate surface area is 185 Å². The van der Waals surface area contributed by atoms with Gasteiger partial charge in [-0.1, -0.05) is 11.3 Å². The summed E-state index contributed by atoms with van der Waals surface area (Å²) in [5, 5.41) is 0. The quantitative estimate of drug-likeness (QED) is 0.600. The molecule has 1 atom stereocenters. The van der Waals surface area contributed by atoms with Crippen LogP contribution in [0, 0.1) is 13.8 Å². The first-order valence-electron chi connectivity index (χ1n) is 10.0. The largest absolute Gasteiger partial charge is 0.497 e. The minimum absolute atomic E-state index is 0.145. The van der Waals surface area contributed by atoms with Gasteiger partial charge < -0.3 is 9.30 Å². The van der Waals surface area contributed by atoms with Gasteiger partial charge in [0.1, 0.15) is 11.8 Å². The van der Waals surface area contributed by atoms with E-state index < -0.39 is 22.0 Å². The van der Waals surface area contributed by atoms with E-state index in [9.17, 15) is 13.2 Å². The van der Waals surface area contributed by atoms with Crippen LogP contribution in [-0.4, -0.2) is 42.9 Å². The van der Waals surface area contributed by atoms with E-state index in [2.05, 4.69) is 31.0 Å². The van der Waals surface area contributed by atoms with Crippen LogP contribution in [0.4, 0.5) is 0 Å². The molecule has 0 aliphatic carbocycles. The van der Waals surface area contributed by atoms with Crippen molar-refractivity contribution in [1.29, 1.82) is 0 Å². The summed E-state index contributed by atoms with van der Waals surface area (Å²) in [6.07, 6.45) is 1.09. The molecular weight excluding hydrogens is 434 g/mol. The van der Waals surface area contributed by atoms with E-state index in [1.54, 1.807) is 12.1 Å². The van der Waals surface area contributed by atoms with E-state index in [1.807, 2.05) is 11.6 Å². The molecule has 2 aromatic carbocycles. The molecule has 1 aromatic heterocycles. The molecule has 2 heterocycles. The number of hydrogen-bond donors (Lipinski definition) is 0. The molecule has 7 nitrogen and oxygen atoms in total. The number of aromatic nitrogens is 1. The Morgan fingerprint density at radius 1 is 1.16 bits per heavy atom. The Bertz CT molecular complexity index is 1320. The van der Waals surface area contributed by atoms with Gasteiger partial charge in [0.2, 0.25) is 10.0 Å². The molecule has 0 bridgehead atoms. The maximum Gasteiger partial charge on any atom is 0.266 e. The Morgan fingerprint density at radius 2 is 1.84 bits per heavy atom. The minimum atomic E-state index is -3.80. The van der Waals surface area contributed by atoms with E-state index in [-0.39, 0.29) is 4.90 Å². The van der Waals surface area contributed by atoms with Crippen LogP contribution < -0.4 is 9.54 Å². The number of sulfonamides is 1. The van der Waals surface area contributed by atoms with Gasteiger partial charge in [0.25, 0.3) is 5.91 Å². The SMILES string of the molecule is COc1ccc(S(=O)(=O)N2CCCC2C(=O)N=c2sc3cc(C)c(C)cc3n2C)cc1. The molecule has 164 valence electrons. The number of thiazole rings is 1. The zero-order valence-corrected chi connectivity index (χ0v) is 19.6. The maximum atomic E-state index is 13.2. The van der Waals surface area contributed by atoms with Crippen LogP contribution in [0.2, 0.25) is 0 Å². The molecule has 3 aromatic rings. The second-order valence-corrected chi connectivity index (χ2v) is 10.6. The van der Waals surface area contributed by atoms with Crippen LogP contribution in [0.1, 0.15) is 24.0 Å². The number of fused-ring (bicyclic) bond motifs is 1. The average Bonchev–Trinajstić information content (AvgIpc) is 3.35. The number of carbonyl (C=O) groups excluding carboxylic acids is 1. The van der Waals surface area contributed by atoms with Crippen LogP contribution in [0.3, 0.4) is 0 Å². The highest BCUT2D eigenvalue weighted by Gasteiger charge is 2.39. The fourth-order valence-corrected chi connectivity index (χ4v) is 6.57. The van der Waals surface area contributed by atoms with Gasteiger partial charge in [0.05, 0.1) is 22.2 Å². The first kappa shape index (κ1) is 21.7. The molecule has 4 rings (SSSR count). The molecule has 1 amide bonds. The number of ether oxygens (including phenoxy) is 1. The number of rotatable bonds is 4. The minimum Gasteiger partial charge on any atom is -0.497 e. The third-order valence-electron chi connectivity index (χ3n) is 5.79. The predicted octanol–water partition coefficient (Wildman–Crippen LogP) is 3.15. The van der Waals surface area contributed by atoms with Gasteiger partial charge in [-0.15, -0.1) is 0 Å². The molecule has 1 fully saturated rings. The number of methoxy groups -OCH3 is 1. The van der Waals surface area contributed by atoms with Crippen LogP contribution in [0.25, 0.3) is 10.2 Å². The summed E-state index contributed by atoms with van der Waals surface area (Å²) in [5.41, 5.74) is 3.36. The van der Waals surface area contributed by atoms with Crippen molar-refractivity contribution in [3.05, 3.63) is 52.3 Å². The highest BCUT2D eigenvalue weighted by atomic mass is 32.2. The molecule has 1 aliphatic rings. The lowest BCUT2D eigenvalue weighted by Gasteiger charge is -2.21. The van der Waals surface area contributed by atoms with Crippen molar-refractivity contribution in [3.63, 3.8) is 0 Å². The van der Waals surface area contributed by atoms with Crippen LogP contribution >= 0.6 is 11.3 Å². The van der Waals surface area contributed by atoms with Crippen LogP contribution in [0.5, 0.6) is 5.75 Å². The van der Waals surface area contributed by atoms with E-state index in [0.717, 1.165) is 10.2 Å². The van der Waals surface area contributed by atoms with Gasteiger partial charge >= 0.3 is 0 Å². The molecule has 1 aliphatic heterocycles. The lowest BCUT2D eigenvalue weighted by Crippen LogP contribution is -2.40. The van der Waals surface area contributed by atoms with Gasteiger partial charge in [0, 0.05) is 13.6 Å². The molecule has 0 radical (unpaired) electrons. The highest BCUT2D eigenvalue weighted by Crippen LogP contribution is 2.28. The standard InChI is InChI=1S/C22H25N3O4S2/c1-14-12-19-20(13-15(14)2)30-22(24(19)3)23-21(26)18-6-5-11-25(18)31(27,28)17-9-7-16(29-4)8-10-17/h7-10,12-13,18H,5-6,11H2,1-4H3. The Morgan fingerprint density at radius 3 is 2.52 bits per heavy atom. The third-order valence-corrected chi connectivity index (χ3v) is 8.80. The first-order valence-corrected chi connectivity index (χ1v) is 12.3. The second-order valence-electron chi connectivity index (χ2n) is 7.75. The summed E-state index contributed by atoms with van der Waals surface area (Å²) >= 11 is 1.44. The predicted molar refractivity (Wildman–Crippen MR) is 121 cm³/mol. The van der Waals surface area contributed by atoms with Crippen molar-refractivity contribution >= 4 is 37.5 Å². The molecule has 0 saturated carbocycles. The molecule has 9 heteroatoms. The number of carbonyl (C=O) groups is 1. The number of nitrogens with zero attached hydrogens (tertiary/aromatic N) is 3. The summed E-state index contributed by atoms with van der Waals surface area (Å²) in [4.78, 5) is 18.1. The Kier molecular flexibility index (Phi) is 5.76. The number of hydrogen-bond acceptors (Lipinski definition) is 5. The van der Waals surface area contributed by atoms with Crippen molar-refractivity contribution in [1.82, 2.24) is 8.87 Å². The lowest BCUT2D eigenvalue weighted by atomic mass is 10.1. The molecule has 0 N–H and O–H groups in total. The summed E-state index contributed by atoms with van der Waals surface area (Å²) in [6.45, 7) is 4.41. The van der Waals surface area contributed by atoms with Gasteiger partial charge in [0.15, 0.2) is 4.80 Å². The smallest absolute Gasteiger partial charge is 0.266 e. The molecule has 0 spiro atoms. The van der Waals surface area contributed by atoms with Crippen molar-refractivity contribution in [2.45, 2.75) is 37.6 Å². The normalized spacial score (nSPS) is 18.1. The molecule has 31 heavy (non-hydrogen) atoms. The summed E-state index contributed by atoms with van der Waals surface area (Å²) in [6, 6.07) is 9.59. The highest BCUT2D eigenvalue weighted by molar-refractivity contribution is 7.89. The zero-order valence-electron chi connectivity index (χ0n) is 18.0. The van der Waals surface area contributed by atoms with E-state index in [1.165, 1.54) is 46.0 Å². The summed E-state index contributed by atoms with van der Waals surface area (Å²) in [5.74, 6) is 0.149. The third kappa shape index (κ3) is 3.93. The Balaban J connectivity index is 1.68. The fourth-order valence-electron chi connectivity index (χ4n) is 3.81. The monoisotopic (exact) mass is 459 g/mol. The lowest BCUT2D eigenvalue weighted by molar-refractivity contribution is -0.121. The van der Waals surface area contributed by atoms with Crippen molar-refractivity contribution in [3.8, 4) is 5.75 Å². The summed E-state index contributed by atoms with van der Waals surface area (Å²) < 4.78 is 35.7. The average molecular weight is 460 g/mol. The number of amides is 1. The number of benzene rings is 2. The van der Waals surface area contributed by atoms with E-state index >= 15 is 0 Å². The fraction of sp³-hybridized carbons (Fsp3) is 0.364. The van der Waals surface area contributed by atoms with Crippen molar-refractivity contribution in [2.24, 2.45) is 12.0 Å². The topological polar surface area (TPSA) is 81.0 Å². The second kappa shape index (κ2) is 8.22. The maximum absolute atomic E-state index is 13.2. The zero-order chi connectivity index (χ0) is 22.3. The first-order chi connectivity index (χ1) is 14.7. The van der Waals surface area contributed by atoms with E-state index in [0.29, 0.717) is 29.9 Å². The number of aryl methyl sites for hydroxylation is 3. The van der Waals surface area contributed by atoms with Gasteiger partial charge in [-0.05, 0) is 74.2 Å². The molecule has 1 unspecified atom stereocenters. The Hall–Kier alpha value is -2.49. The van der Waals surface area contributed by atoms with Crippen LogP contribution in [0.15, 0.2) is 46.3 Å². The van der Waals surface area contributed by atoms with Gasteiger partial charge in [-0.25, -0.2) is 8.42 Å². The van der Waals surface area contributed by atoms with Crippen LogP contribution in [-0.2, 0) is 21.9 Å².